The zero-order chi connectivity index (χ0) is 37.6. The van der Waals surface area contributed by atoms with Gasteiger partial charge in [-0.25, -0.2) is 0 Å². The maximum atomic E-state index is 2.57. The number of hydrogen-bond donors (Lipinski definition) is 0. The molecule has 0 unspecified atom stereocenters. The van der Waals surface area contributed by atoms with Gasteiger partial charge in [-0.05, 0) is 87.2 Å². The van der Waals surface area contributed by atoms with Gasteiger partial charge in [0.15, 0.2) is 0 Å². The summed E-state index contributed by atoms with van der Waals surface area (Å²) in [5.74, 6) is 0. The average molecular weight is 734 g/mol. The molecule has 12 aromatic rings. The van der Waals surface area contributed by atoms with Crippen LogP contribution in [0, 0.1) is 0 Å². The van der Waals surface area contributed by atoms with Gasteiger partial charge in [0.05, 0.1) is 27.8 Å². The first-order valence-electron chi connectivity index (χ1n) is 20.2. The quantitative estimate of drug-likeness (QED) is 0.161. The topological polar surface area (TPSA) is 14.8 Å². The first-order valence-corrected chi connectivity index (χ1v) is 20.2. The molecule has 0 aliphatic carbocycles. The zero-order valence-electron chi connectivity index (χ0n) is 31.4. The van der Waals surface area contributed by atoms with E-state index in [0.29, 0.717) is 0 Å². The molecule has 0 saturated carbocycles. The molecular weight excluding hydrogens is 701 g/mol. The minimum absolute atomic E-state index is 0.0973. The molecule has 2 aliphatic rings. The van der Waals surface area contributed by atoms with Gasteiger partial charge in [0.2, 0.25) is 0 Å². The molecule has 2 aliphatic heterocycles. The van der Waals surface area contributed by atoms with Gasteiger partial charge in [0.1, 0.15) is 0 Å². The molecule has 0 radical (unpaired) electrons. The van der Waals surface area contributed by atoms with Gasteiger partial charge in [-0.1, -0.05) is 146 Å². The minimum Gasteiger partial charge on any atom is -0.310 e. The summed E-state index contributed by atoms with van der Waals surface area (Å²) in [6, 6.07) is 72.4. The van der Waals surface area contributed by atoms with Crippen LogP contribution < -0.4 is 16.4 Å². The fraction of sp³-hybridized carbons (Fsp3) is 0. The second kappa shape index (κ2) is 11.1. The van der Waals surface area contributed by atoms with Crippen molar-refractivity contribution in [3.63, 3.8) is 0 Å². The van der Waals surface area contributed by atoms with Crippen LogP contribution >= 0.6 is 0 Å². The maximum Gasteiger partial charge on any atom is 0.252 e. The van der Waals surface area contributed by atoms with Crippen molar-refractivity contribution in [1.29, 1.82) is 0 Å². The monoisotopic (exact) mass is 733 g/mol. The minimum atomic E-state index is 0.0973. The number of nitrogens with zero attached hydrogens (tertiary/aromatic N) is 3. The maximum absolute atomic E-state index is 2.57. The lowest BCUT2D eigenvalue weighted by molar-refractivity contribution is 1.10. The fourth-order valence-electron chi connectivity index (χ4n) is 10.9. The van der Waals surface area contributed by atoms with Crippen LogP contribution in [-0.4, -0.2) is 20.4 Å². The molecule has 3 aromatic heterocycles. The van der Waals surface area contributed by atoms with E-state index in [4.69, 9.17) is 0 Å². The predicted octanol–water partition coefficient (Wildman–Crippen LogP) is 11.5. The summed E-state index contributed by atoms with van der Waals surface area (Å²) in [6.07, 6.45) is 0. The van der Waals surface area contributed by atoms with Gasteiger partial charge < -0.3 is 13.7 Å². The number of hydrogen-bond acceptors (Lipinski definition) is 0. The second-order valence-electron chi connectivity index (χ2n) is 16.1. The van der Waals surface area contributed by atoms with Crippen molar-refractivity contribution >= 4 is 88.5 Å². The van der Waals surface area contributed by atoms with E-state index in [9.17, 15) is 0 Å². The van der Waals surface area contributed by atoms with Crippen molar-refractivity contribution in [2.75, 3.05) is 0 Å². The first-order chi connectivity index (χ1) is 28.8. The molecule has 0 N–H and O–H groups in total. The molecule has 0 fully saturated rings. The highest BCUT2D eigenvalue weighted by Crippen LogP contribution is 2.42. The third kappa shape index (κ3) is 3.84. The lowest BCUT2D eigenvalue weighted by Crippen LogP contribution is -2.59. The predicted molar refractivity (Wildman–Crippen MR) is 245 cm³/mol. The summed E-state index contributed by atoms with van der Waals surface area (Å²) in [6.45, 7) is 0.0973. The molecule has 0 bridgehead atoms. The Morgan fingerprint density at radius 1 is 0.293 bits per heavy atom. The van der Waals surface area contributed by atoms with Gasteiger partial charge >= 0.3 is 0 Å². The van der Waals surface area contributed by atoms with E-state index in [0.717, 1.165) is 5.69 Å². The Balaban J connectivity index is 1.15. The van der Waals surface area contributed by atoms with Crippen LogP contribution in [0.4, 0.5) is 0 Å². The smallest absolute Gasteiger partial charge is 0.252 e. The van der Waals surface area contributed by atoms with Crippen molar-refractivity contribution in [2.24, 2.45) is 0 Å². The normalized spacial score (nSPS) is 12.8. The molecule has 0 amide bonds. The number of benzene rings is 9. The molecule has 3 nitrogen and oxygen atoms in total. The van der Waals surface area contributed by atoms with E-state index >= 15 is 0 Å². The van der Waals surface area contributed by atoms with Crippen molar-refractivity contribution in [2.45, 2.75) is 0 Å². The van der Waals surface area contributed by atoms with Crippen LogP contribution in [0.5, 0.6) is 0 Å². The van der Waals surface area contributed by atoms with Crippen molar-refractivity contribution in [1.82, 2.24) is 13.7 Å². The lowest BCUT2D eigenvalue weighted by atomic mass is 9.34. The summed E-state index contributed by atoms with van der Waals surface area (Å²) in [5, 5.41) is 7.69. The number of rotatable bonds is 3. The van der Waals surface area contributed by atoms with Gasteiger partial charge in [0, 0.05) is 54.7 Å². The summed E-state index contributed by atoms with van der Waals surface area (Å²) >= 11 is 0. The number of para-hydroxylation sites is 4. The molecule has 58 heavy (non-hydrogen) atoms. The van der Waals surface area contributed by atoms with Crippen LogP contribution in [0.2, 0.25) is 0 Å². The Labute approximate surface area is 334 Å². The third-order valence-electron chi connectivity index (χ3n) is 13.2. The van der Waals surface area contributed by atoms with Gasteiger partial charge in [-0.15, -0.1) is 0 Å². The van der Waals surface area contributed by atoms with Gasteiger partial charge in [-0.3, -0.25) is 0 Å². The number of aromatic nitrogens is 3. The van der Waals surface area contributed by atoms with Gasteiger partial charge in [-0.2, -0.15) is 0 Å². The van der Waals surface area contributed by atoms with Crippen molar-refractivity contribution < 1.29 is 0 Å². The Morgan fingerprint density at radius 2 is 0.724 bits per heavy atom. The Morgan fingerprint density at radius 3 is 1.22 bits per heavy atom. The standard InChI is InChI=1S/C54H32BN3/c1-3-13-33(14-4-1)35-25-27-48-42(29-35)43-30-36(34-15-5-2-6-16-34)26-28-49(43)56(48)37-31-50-52-51(32-37)58-47-24-10-8-18-39(47)41-20-12-22-45(54(41)58)55(52)44-21-11-19-40-38-17-7-9-23-46(38)57(50)53(40)44/h1-32H. The van der Waals surface area contributed by atoms with E-state index in [-0.39, 0.29) is 6.71 Å². The summed E-state index contributed by atoms with van der Waals surface area (Å²) in [5.41, 5.74) is 20.1. The highest BCUT2D eigenvalue weighted by Gasteiger charge is 2.41. The number of fused-ring (bicyclic) bond motifs is 13. The van der Waals surface area contributed by atoms with Crippen LogP contribution in [0.25, 0.3) is 105 Å². The van der Waals surface area contributed by atoms with Crippen molar-refractivity contribution in [3.8, 4) is 39.3 Å². The molecule has 4 heteroatoms. The van der Waals surface area contributed by atoms with Gasteiger partial charge in [0.25, 0.3) is 6.71 Å². The fourth-order valence-corrected chi connectivity index (χ4v) is 10.9. The largest absolute Gasteiger partial charge is 0.310 e. The lowest BCUT2D eigenvalue weighted by Gasteiger charge is -2.34. The Hall–Kier alpha value is -7.56. The van der Waals surface area contributed by atoms with Crippen LogP contribution in [0.15, 0.2) is 194 Å². The first kappa shape index (κ1) is 30.6. The van der Waals surface area contributed by atoms with E-state index in [2.05, 4.69) is 208 Å². The average Bonchev–Trinajstić information content (AvgIpc) is 3.93. The summed E-state index contributed by atoms with van der Waals surface area (Å²) in [4.78, 5) is 0. The van der Waals surface area contributed by atoms with Crippen LogP contribution in [0.3, 0.4) is 0 Å². The summed E-state index contributed by atoms with van der Waals surface area (Å²) in [7, 11) is 0. The molecule has 9 aromatic carbocycles. The third-order valence-corrected chi connectivity index (χ3v) is 13.2. The van der Waals surface area contributed by atoms with E-state index in [1.807, 2.05) is 0 Å². The zero-order valence-corrected chi connectivity index (χ0v) is 31.4. The molecular formula is C54H32BN3. The summed E-state index contributed by atoms with van der Waals surface area (Å²) < 4.78 is 7.67. The highest BCUT2D eigenvalue weighted by molar-refractivity contribution is 7.00. The van der Waals surface area contributed by atoms with E-state index in [1.54, 1.807) is 0 Å². The SMILES string of the molecule is c1ccc(-c2ccc3c(c2)c2cc(-c4ccccc4)ccc2n3-c2cc3c4c(c2)-n2c5ccccc5c5cccc(c52)B4c2cccc4c5ccccc5n-3c24)cc1. The second-order valence-corrected chi connectivity index (χ2v) is 16.1. The Kier molecular flexibility index (Phi) is 5.84. The highest BCUT2D eigenvalue weighted by atomic mass is 15.1. The Bertz CT molecular complexity index is 3500. The van der Waals surface area contributed by atoms with E-state index in [1.165, 1.54) is 115 Å². The van der Waals surface area contributed by atoms with Crippen molar-refractivity contribution in [3.05, 3.63) is 194 Å². The van der Waals surface area contributed by atoms with Crippen LogP contribution in [0.1, 0.15) is 0 Å². The van der Waals surface area contributed by atoms with Crippen LogP contribution in [-0.2, 0) is 0 Å². The molecule has 266 valence electrons. The molecule has 0 saturated heterocycles. The van der Waals surface area contributed by atoms with E-state index < -0.39 is 0 Å². The molecule has 14 rings (SSSR count). The molecule has 0 atom stereocenters. The molecule has 0 spiro atoms. The molecule has 5 heterocycles.